The summed E-state index contributed by atoms with van der Waals surface area (Å²) in [6, 6.07) is 10.7. The predicted octanol–water partition coefficient (Wildman–Crippen LogP) is 5.69. The Morgan fingerprint density at radius 3 is 2.29 bits per heavy atom. The number of hydrogen-bond acceptors (Lipinski definition) is 6. The number of hydrogen-bond donors (Lipinski definition) is 0. The largest absolute Gasteiger partial charge is 0.493 e. The molecular formula is C29H36F3NO5. The van der Waals surface area contributed by atoms with Gasteiger partial charge < -0.3 is 18.9 Å². The van der Waals surface area contributed by atoms with Gasteiger partial charge >= 0.3 is 12.1 Å². The topological polar surface area (TPSA) is 57.2 Å². The van der Waals surface area contributed by atoms with E-state index in [1.165, 1.54) is 24.3 Å². The van der Waals surface area contributed by atoms with Crippen LogP contribution in [0, 0.1) is 11.8 Å². The van der Waals surface area contributed by atoms with Crippen LogP contribution in [0.2, 0.25) is 0 Å². The molecule has 2 heterocycles. The molecule has 0 amide bonds. The van der Waals surface area contributed by atoms with Gasteiger partial charge in [-0.2, -0.15) is 13.2 Å². The molecule has 0 bridgehead atoms. The van der Waals surface area contributed by atoms with Crippen LogP contribution in [0.1, 0.15) is 49.4 Å². The number of esters is 1. The zero-order chi connectivity index (χ0) is 27.7. The average Bonchev–Trinajstić information content (AvgIpc) is 2.88. The molecule has 2 aromatic carbocycles. The van der Waals surface area contributed by atoms with Crippen LogP contribution in [0.15, 0.2) is 42.5 Å². The van der Waals surface area contributed by atoms with Gasteiger partial charge in [0.05, 0.1) is 14.2 Å². The lowest BCUT2D eigenvalue weighted by atomic mass is 9.79. The van der Waals surface area contributed by atoms with Crippen molar-refractivity contribution in [2.45, 2.75) is 57.0 Å². The van der Waals surface area contributed by atoms with E-state index in [2.05, 4.69) is 18.7 Å². The molecule has 9 heteroatoms. The van der Waals surface area contributed by atoms with Gasteiger partial charge in [0.2, 0.25) is 0 Å². The highest BCUT2D eigenvalue weighted by Gasteiger charge is 2.64. The first kappa shape index (κ1) is 28.2. The fraction of sp³-hybridized carbons (Fsp3) is 0.552. The van der Waals surface area contributed by atoms with Crippen LogP contribution in [-0.2, 0) is 26.3 Å². The minimum absolute atomic E-state index is 0.115. The zero-order valence-corrected chi connectivity index (χ0v) is 22.5. The van der Waals surface area contributed by atoms with Gasteiger partial charge in [-0.25, -0.2) is 4.79 Å². The van der Waals surface area contributed by atoms with Crippen molar-refractivity contribution in [2.75, 3.05) is 34.4 Å². The van der Waals surface area contributed by atoms with Crippen LogP contribution in [0.3, 0.4) is 0 Å². The summed E-state index contributed by atoms with van der Waals surface area (Å²) in [6.07, 6.45) is -3.82. The van der Waals surface area contributed by atoms with E-state index in [0.717, 1.165) is 37.6 Å². The first-order chi connectivity index (χ1) is 18.0. The molecule has 0 N–H and O–H groups in total. The van der Waals surface area contributed by atoms with Crippen LogP contribution in [0.5, 0.6) is 11.5 Å². The molecule has 2 aliphatic rings. The number of rotatable bonds is 8. The second-order valence-corrected chi connectivity index (χ2v) is 10.5. The van der Waals surface area contributed by atoms with E-state index in [9.17, 15) is 18.0 Å². The number of carbonyl (C=O) groups excluding carboxylic acids is 1. The van der Waals surface area contributed by atoms with Crippen molar-refractivity contribution in [3.05, 3.63) is 59.2 Å². The van der Waals surface area contributed by atoms with Crippen LogP contribution >= 0.6 is 0 Å². The SMILES string of the molecule is COc1cc2c(cc1OC)[C@H]1C[C@H](OC(=O)[C@@](OC)(c3ccccc3)C(F)(F)F)[C@@H](CC(C)C)CN1CC2. The third kappa shape index (κ3) is 5.10. The molecule has 2 aromatic rings. The highest BCUT2D eigenvalue weighted by Crippen LogP contribution is 2.47. The number of ether oxygens (including phenoxy) is 4. The second kappa shape index (κ2) is 11.1. The number of alkyl halides is 3. The van der Waals surface area contributed by atoms with E-state index in [1.54, 1.807) is 20.3 Å². The number of fused-ring (bicyclic) bond motifs is 3. The quantitative estimate of drug-likeness (QED) is 0.405. The van der Waals surface area contributed by atoms with Crippen molar-refractivity contribution in [3.63, 3.8) is 0 Å². The summed E-state index contributed by atoms with van der Waals surface area (Å²) < 4.78 is 65.4. The van der Waals surface area contributed by atoms with Crippen LogP contribution in [0.4, 0.5) is 13.2 Å². The summed E-state index contributed by atoms with van der Waals surface area (Å²) in [5, 5.41) is 0. The Kier molecular flexibility index (Phi) is 8.28. The van der Waals surface area contributed by atoms with Crippen molar-refractivity contribution >= 4 is 5.97 Å². The van der Waals surface area contributed by atoms with Crippen molar-refractivity contribution in [3.8, 4) is 11.5 Å². The van der Waals surface area contributed by atoms with Gasteiger partial charge in [0.1, 0.15) is 6.10 Å². The highest BCUT2D eigenvalue weighted by molar-refractivity contribution is 5.83. The first-order valence-corrected chi connectivity index (χ1v) is 12.9. The van der Waals surface area contributed by atoms with E-state index in [1.807, 2.05) is 12.1 Å². The Bertz CT molecular complexity index is 1120. The van der Waals surface area contributed by atoms with Gasteiger partial charge in [0.15, 0.2) is 11.5 Å². The minimum Gasteiger partial charge on any atom is -0.493 e. The zero-order valence-electron chi connectivity index (χ0n) is 22.5. The molecular weight excluding hydrogens is 499 g/mol. The van der Waals surface area contributed by atoms with Gasteiger partial charge in [-0.3, -0.25) is 4.90 Å². The molecule has 4 atom stereocenters. The maximum absolute atomic E-state index is 14.5. The predicted molar refractivity (Wildman–Crippen MR) is 136 cm³/mol. The van der Waals surface area contributed by atoms with Gasteiger partial charge in [-0.1, -0.05) is 44.2 Å². The summed E-state index contributed by atoms with van der Waals surface area (Å²) in [5.41, 5.74) is -1.40. The second-order valence-electron chi connectivity index (χ2n) is 10.5. The summed E-state index contributed by atoms with van der Waals surface area (Å²) in [6.45, 7) is 5.54. The van der Waals surface area contributed by atoms with Crippen LogP contribution < -0.4 is 9.47 Å². The molecule has 0 spiro atoms. The van der Waals surface area contributed by atoms with Gasteiger partial charge in [0, 0.05) is 44.1 Å². The molecule has 208 valence electrons. The molecule has 2 aliphatic heterocycles. The Labute approximate surface area is 222 Å². The fourth-order valence-electron chi connectivity index (χ4n) is 5.99. The van der Waals surface area contributed by atoms with Crippen molar-refractivity contribution < 1.29 is 36.9 Å². The Morgan fingerprint density at radius 2 is 1.71 bits per heavy atom. The van der Waals surface area contributed by atoms with E-state index < -0.39 is 23.9 Å². The summed E-state index contributed by atoms with van der Waals surface area (Å²) in [5.74, 6) is -0.0487. The maximum atomic E-state index is 14.5. The molecule has 0 aromatic heterocycles. The molecule has 1 fully saturated rings. The van der Waals surface area contributed by atoms with Gasteiger partial charge in [0.25, 0.3) is 5.60 Å². The molecule has 0 unspecified atom stereocenters. The Balaban J connectivity index is 1.70. The average molecular weight is 536 g/mol. The molecule has 0 saturated carbocycles. The first-order valence-electron chi connectivity index (χ1n) is 12.9. The monoisotopic (exact) mass is 535 g/mol. The summed E-state index contributed by atoms with van der Waals surface area (Å²) in [4.78, 5) is 15.9. The maximum Gasteiger partial charge on any atom is 0.432 e. The third-order valence-electron chi connectivity index (χ3n) is 7.77. The molecule has 4 rings (SSSR count). The number of methoxy groups -OCH3 is 3. The molecule has 0 aliphatic carbocycles. The number of carbonyl (C=O) groups is 1. The van der Waals surface area contributed by atoms with E-state index >= 15 is 0 Å². The Hall–Kier alpha value is -2.78. The lowest BCUT2D eigenvalue weighted by Crippen LogP contribution is -2.55. The highest BCUT2D eigenvalue weighted by atomic mass is 19.4. The number of nitrogens with zero attached hydrogens (tertiary/aromatic N) is 1. The molecule has 6 nitrogen and oxygen atoms in total. The van der Waals surface area contributed by atoms with Crippen molar-refractivity contribution in [2.24, 2.45) is 11.8 Å². The minimum atomic E-state index is -5.02. The molecule has 1 saturated heterocycles. The standard InChI is InChI=1S/C29H36F3NO5/c1-18(2)13-20-17-33-12-11-19-14-25(35-3)26(36-4)15-22(19)23(33)16-24(20)38-27(34)28(37-5,29(30,31)32)21-9-7-6-8-10-21/h6-10,14-15,18,20,23-24H,11-13,16-17H2,1-5H3/t20-,23+,24-,28-/m0/s1. The van der Waals surface area contributed by atoms with E-state index in [4.69, 9.17) is 18.9 Å². The Morgan fingerprint density at radius 1 is 1.05 bits per heavy atom. The van der Waals surface area contributed by atoms with E-state index in [0.29, 0.717) is 24.5 Å². The molecule has 0 radical (unpaired) electrons. The van der Waals surface area contributed by atoms with Gasteiger partial charge in [-0.05, 0) is 42.0 Å². The van der Waals surface area contributed by atoms with E-state index in [-0.39, 0.29) is 23.4 Å². The fourth-order valence-corrected chi connectivity index (χ4v) is 5.99. The number of piperidine rings is 1. The van der Waals surface area contributed by atoms with Crippen LogP contribution in [-0.4, -0.2) is 57.6 Å². The number of halogens is 3. The lowest BCUT2D eigenvalue weighted by Gasteiger charge is -2.47. The van der Waals surface area contributed by atoms with Gasteiger partial charge in [-0.15, -0.1) is 0 Å². The van der Waals surface area contributed by atoms with Crippen LogP contribution in [0.25, 0.3) is 0 Å². The van der Waals surface area contributed by atoms with Crippen molar-refractivity contribution in [1.82, 2.24) is 4.90 Å². The summed E-state index contributed by atoms with van der Waals surface area (Å²) >= 11 is 0. The van der Waals surface area contributed by atoms with Crippen molar-refractivity contribution in [1.29, 1.82) is 0 Å². The lowest BCUT2D eigenvalue weighted by molar-refractivity contribution is -0.280. The summed E-state index contributed by atoms with van der Waals surface area (Å²) in [7, 11) is 4.05. The molecule has 38 heavy (non-hydrogen) atoms. The third-order valence-corrected chi connectivity index (χ3v) is 7.77. The number of benzene rings is 2. The normalized spacial score (nSPS) is 23.2. The smallest absolute Gasteiger partial charge is 0.432 e.